The maximum absolute atomic E-state index is 14.1. The highest BCUT2D eigenvalue weighted by molar-refractivity contribution is 7.92. The van der Waals surface area contributed by atoms with Gasteiger partial charge in [0.1, 0.15) is 0 Å². The molecule has 0 spiro atoms. The Morgan fingerprint density at radius 1 is 0.750 bits per heavy atom. The van der Waals surface area contributed by atoms with E-state index >= 15 is 0 Å². The van der Waals surface area contributed by atoms with E-state index in [1.807, 2.05) is 81.4 Å². The number of nitrogens with zero attached hydrogens (tertiary/aromatic N) is 1. The van der Waals surface area contributed by atoms with Gasteiger partial charge in [0, 0.05) is 23.8 Å². The van der Waals surface area contributed by atoms with Crippen LogP contribution in [0.3, 0.4) is 0 Å². The molecule has 4 aromatic rings. The number of hydrogen-bond donors (Lipinski definition) is 1. The van der Waals surface area contributed by atoms with Gasteiger partial charge < -0.3 is 0 Å². The summed E-state index contributed by atoms with van der Waals surface area (Å²) in [6.07, 6.45) is 1.63. The standard InChI is InChI=1S/C31H33ClN2O4S2/c1-22-17-23(2)31(24(3)18-22)40(37,38)34(16-15-25-7-5-9-29(32)19-25)21-26-11-13-27(14-12-26)28-8-6-10-30(20-28)33-39(4,35)36/h5-14,17-20,33H,15-16,21H2,1-4H3. The maximum atomic E-state index is 14.1. The Kier molecular flexibility index (Phi) is 9.05. The van der Waals surface area contributed by atoms with Gasteiger partial charge in [0.05, 0.1) is 11.2 Å². The molecule has 6 nitrogen and oxygen atoms in total. The molecule has 210 valence electrons. The van der Waals surface area contributed by atoms with Crippen molar-refractivity contribution < 1.29 is 16.8 Å². The molecule has 0 saturated carbocycles. The lowest BCUT2D eigenvalue weighted by molar-refractivity contribution is 0.409. The molecule has 0 fully saturated rings. The molecule has 0 aliphatic carbocycles. The summed E-state index contributed by atoms with van der Waals surface area (Å²) in [5.74, 6) is 0. The first kappa shape index (κ1) is 29.8. The predicted octanol–water partition coefficient (Wildman–Crippen LogP) is 6.74. The van der Waals surface area contributed by atoms with Crippen molar-refractivity contribution in [2.75, 3.05) is 17.5 Å². The maximum Gasteiger partial charge on any atom is 0.243 e. The fraction of sp³-hybridized carbons (Fsp3) is 0.226. The van der Waals surface area contributed by atoms with Crippen molar-refractivity contribution in [1.29, 1.82) is 0 Å². The smallest absolute Gasteiger partial charge is 0.243 e. The molecule has 9 heteroatoms. The number of aryl methyl sites for hydroxylation is 3. The summed E-state index contributed by atoms with van der Waals surface area (Å²) in [6.45, 7) is 6.12. The van der Waals surface area contributed by atoms with E-state index in [0.29, 0.717) is 22.0 Å². The van der Waals surface area contributed by atoms with Crippen LogP contribution in [-0.4, -0.2) is 33.9 Å². The van der Waals surface area contributed by atoms with Crippen LogP contribution in [0, 0.1) is 20.8 Å². The summed E-state index contributed by atoms with van der Waals surface area (Å²) >= 11 is 6.17. The van der Waals surface area contributed by atoms with Crippen molar-refractivity contribution in [2.45, 2.75) is 38.6 Å². The first-order chi connectivity index (χ1) is 18.8. The van der Waals surface area contributed by atoms with E-state index in [-0.39, 0.29) is 13.1 Å². The van der Waals surface area contributed by atoms with Crippen LogP contribution < -0.4 is 4.72 Å². The van der Waals surface area contributed by atoms with E-state index in [0.717, 1.165) is 45.2 Å². The van der Waals surface area contributed by atoms with Gasteiger partial charge in [-0.2, -0.15) is 4.31 Å². The zero-order chi connectivity index (χ0) is 29.1. The molecule has 0 aromatic heterocycles. The zero-order valence-electron chi connectivity index (χ0n) is 23.0. The molecular weight excluding hydrogens is 564 g/mol. The summed E-state index contributed by atoms with van der Waals surface area (Å²) in [7, 11) is -7.20. The van der Waals surface area contributed by atoms with E-state index in [1.54, 1.807) is 24.3 Å². The van der Waals surface area contributed by atoms with Crippen molar-refractivity contribution in [3.05, 3.63) is 118 Å². The quantitative estimate of drug-likeness (QED) is 0.220. The van der Waals surface area contributed by atoms with E-state index in [4.69, 9.17) is 11.6 Å². The molecule has 1 N–H and O–H groups in total. The molecular formula is C31H33ClN2O4S2. The second-order valence-electron chi connectivity index (χ2n) is 10.1. The summed E-state index contributed by atoms with van der Waals surface area (Å²) in [4.78, 5) is 0.344. The number of sulfonamides is 2. The van der Waals surface area contributed by atoms with Gasteiger partial charge in [0.25, 0.3) is 0 Å². The number of benzene rings is 4. The number of anilines is 1. The van der Waals surface area contributed by atoms with Crippen molar-refractivity contribution in [1.82, 2.24) is 4.31 Å². The van der Waals surface area contributed by atoms with E-state index in [2.05, 4.69) is 4.72 Å². The monoisotopic (exact) mass is 596 g/mol. The van der Waals surface area contributed by atoms with Gasteiger partial charge >= 0.3 is 0 Å². The van der Waals surface area contributed by atoms with Crippen LogP contribution in [0.15, 0.2) is 89.8 Å². The largest absolute Gasteiger partial charge is 0.284 e. The Balaban J connectivity index is 1.64. The molecule has 0 aliphatic heterocycles. The molecule has 0 heterocycles. The second-order valence-corrected chi connectivity index (χ2v) is 14.2. The van der Waals surface area contributed by atoms with Gasteiger partial charge in [-0.05, 0) is 84.8 Å². The highest BCUT2D eigenvalue weighted by atomic mass is 35.5. The van der Waals surface area contributed by atoms with Crippen LogP contribution >= 0.6 is 11.6 Å². The first-order valence-electron chi connectivity index (χ1n) is 12.8. The Labute approximate surface area is 242 Å². The van der Waals surface area contributed by atoms with E-state index in [1.165, 1.54) is 4.31 Å². The Morgan fingerprint density at radius 2 is 1.40 bits per heavy atom. The van der Waals surface area contributed by atoms with E-state index in [9.17, 15) is 16.8 Å². The normalized spacial score (nSPS) is 12.1. The Hall–Kier alpha value is -3.17. The van der Waals surface area contributed by atoms with Gasteiger partial charge in [-0.25, -0.2) is 16.8 Å². The molecule has 0 radical (unpaired) electrons. The van der Waals surface area contributed by atoms with Crippen LogP contribution in [0.4, 0.5) is 5.69 Å². The highest BCUT2D eigenvalue weighted by Gasteiger charge is 2.28. The molecule has 40 heavy (non-hydrogen) atoms. The molecule has 0 amide bonds. The summed E-state index contributed by atoms with van der Waals surface area (Å²) < 4.78 is 55.4. The van der Waals surface area contributed by atoms with Crippen molar-refractivity contribution in [3.63, 3.8) is 0 Å². The lowest BCUT2D eigenvalue weighted by Crippen LogP contribution is -2.33. The third kappa shape index (κ3) is 7.52. The molecule has 0 atom stereocenters. The minimum atomic E-state index is -3.81. The van der Waals surface area contributed by atoms with Crippen molar-refractivity contribution in [3.8, 4) is 11.1 Å². The SMILES string of the molecule is Cc1cc(C)c(S(=O)(=O)N(CCc2cccc(Cl)c2)Cc2ccc(-c3cccc(NS(C)(=O)=O)c3)cc2)c(C)c1. The topological polar surface area (TPSA) is 83.6 Å². The molecule has 0 aliphatic rings. The van der Waals surface area contributed by atoms with Crippen LogP contribution in [-0.2, 0) is 33.0 Å². The molecule has 0 bridgehead atoms. The van der Waals surface area contributed by atoms with Crippen LogP contribution in [0.25, 0.3) is 11.1 Å². The predicted molar refractivity (Wildman–Crippen MR) is 164 cm³/mol. The Bertz CT molecular complexity index is 1710. The summed E-state index contributed by atoms with van der Waals surface area (Å²) in [5, 5.41) is 0.614. The number of nitrogens with one attached hydrogen (secondary N) is 1. The second kappa shape index (κ2) is 12.1. The van der Waals surface area contributed by atoms with Gasteiger partial charge in [0.15, 0.2) is 0 Å². The molecule has 0 unspecified atom stereocenters. The van der Waals surface area contributed by atoms with E-state index < -0.39 is 20.0 Å². The zero-order valence-corrected chi connectivity index (χ0v) is 25.4. The third-order valence-electron chi connectivity index (χ3n) is 6.55. The third-order valence-corrected chi connectivity index (χ3v) is 9.55. The number of halogens is 1. The van der Waals surface area contributed by atoms with Crippen LogP contribution in [0.1, 0.15) is 27.8 Å². The fourth-order valence-corrected chi connectivity index (χ4v) is 7.52. The van der Waals surface area contributed by atoms with Gasteiger partial charge in [-0.3, -0.25) is 4.72 Å². The number of rotatable bonds is 10. The van der Waals surface area contributed by atoms with Crippen molar-refractivity contribution in [2.24, 2.45) is 0 Å². The first-order valence-corrected chi connectivity index (χ1v) is 16.5. The molecule has 4 rings (SSSR count). The lowest BCUT2D eigenvalue weighted by atomic mass is 10.0. The van der Waals surface area contributed by atoms with Crippen molar-refractivity contribution >= 4 is 37.3 Å². The minimum Gasteiger partial charge on any atom is -0.284 e. The van der Waals surface area contributed by atoms with Crippen LogP contribution in [0.5, 0.6) is 0 Å². The minimum absolute atomic E-state index is 0.200. The lowest BCUT2D eigenvalue weighted by Gasteiger charge is -2.25. The average Bonchev–Trinajstić information content (AvgIpc) is 2.85. The van der Waals surface area contributed by atoms with Crippen LogP contribution in [0.2, 0.25) is 5.02 Å². The highest BCUT2D eigenvalue weighted by Crippen LogP contribution is 2.28. The van der Waals surface area contributed by atoms with Gasteiger partial charge in [-0.1, -0.05) is 77.8 Å². The molecule has 4 aromatic carbocycles. The average molecular weight is 597 g/mol. The Morgan fingerprint density at radius 3 is 2.02 bits per heavy atom. The fourth-order valence-electron chi connectivity index (χ4n) is 4.92. The molecule has 0 saturated heterocycles. The number of hydrogen-bond acceptors (Lipinski definition) is 4. The summed E-state index contributed by atoms with van der Waals surface area (Å²) in [6, 6.07) is 26.0. The summed E-state index contributed by atoms with van der Waals surface area (Å²) in [5.41, 5.74) is 6.48. The van der Waals surface area contributed by atoms with Gasteiger partial charge in [-0.15, -0.1) is 0 Å². The van der Waals surface area contributed by atoms with Gasteiger partial charge in [0.2, 0.25) is 20.0 Å².